The largest absolute Gasteiger partial charge is 0.390 e. The van der Waals surface area contributed by atoms with Crippen LogP contribution >= 0.6 is 0 Å². The molecule has 3 heteroatoms. The molecule has 0 aliphatic carbocycles. The zero-order valence-corrected chi connectivity index (χ0v) is 10.5. The summed E-state index contributed by atoms with van der Waals surface area (Å²) in [7, 11) is 0. The van der Waals surface area contributed by atoms with Crippen LogP contribution in [-0.2, 0) is 13.1 Å². The van der Waals surface area contributed by atoms with E-state index in [-0.39, 0.29) is 0 Å². The number of piperidine rings is 1. The summed E-state index contributed by atoms with van der Waals surface area (Å²) in [6, 6.07) is 8.34. The zero-order valence-electron chi connectivity index (χ0n) is 10.5. The molecule has 1 fully saturated rings. The van der Waals surface area contributed by atoms with Crippen molar-refractivity contribution in [1.29, 1.82) is 0 Å². The molecule has 1 heterocycles. The first-order chi connectivity index (χ1) is 8.11. The lowest BCUT2D eigenvalue weighted by Crippen LogP contribution is -2.42. The molecular formula is C14H22N2O. The topological polar surface area (TPSA) is 49.5 Å². The van der Waals surface area contributed by atoms with E-state index in [9.17, 15) is 5.11 Å². The van der Waals surface area contributed by atoms with Crippen molar-refractivity contribution in [3.63, 3.8) is 0 Å². The average Bonchev–Trinajstić information content (AvgIpc) is 2.32. The predicted molar refractivity (Wildman–Crippen MR) is 69.5 cm³/mol. The Kier molecular flexibility index (Phi) is 3.82. The molecule has 0 unspecified atom stereocenters. The fraction of sp³-hybridized carbons (Fsp3) is 0.571. The van der Waals surface area contributed by atoms with E-state index in [0.29, 0.717) is 6.54 Å². The van der Waals surface area contributed by atoms with Crippen LogP contribution in [0.4, 0.5) is 0 Å². The number of benzene rings is 1. The summed E-state index contributed by atoms with van der Waals surface area (Å²) in [6.07, 6.45) is 1.72. The highest BCUT2D eigenvalue weighted by Crippen LogP contribution is 2.23. The summed E-state index contributed by atoms with van der Waals surface area (Å²) < 4.78 is 0. The van der Waals surface area contributed by atoms with E-state index in [0.717, 1.165) is 32.5 Å². The normalized spacial score (nSPS) is 20.4. The first-order valence-electron chi connectivity index (χ1n) is 6.32. The van der Waals surface area contributed by atoms with E-state index in [2.05, 4.69) is 23.1 Å². The number of likely N-dealkylation sites (tertiary alicyclic amines) is 1. The van der Waals surface area contributed by atoms with E-state index >= 15 is 0 Å². The number of rotatable bonds is 3. The van der Waals surface area contributed by atoms with Crippen molar-refractivity contribution in [2.45, 2.75) is 38.5 Å². The third-order valence-electron chi connectivity index (χ3n) is 3.67. The molecule has 3 N–H and O–H groups in total. The van der Waals surface area contributed by atoms with Gasteiger partial charge < -0.3 is 10.8 Å². The fourth-order valence-electron chi connectivity index (χ4n) is 2.34. The first kappa shape index (κ1) is 12.6. The highest BCUT2D eigenvalue weighted by molar-refractivity contribution is 5.26. The molecule has 1 saturated heterocycles. The maximum atomic E-state index is 9.91. The molecule has 0 spiro atoms. The second-order valence-corrected chi connectivity index (χ2v) is 5.25. The first-order valence-corrected chi connectivity index (χ1v) is 6.32. The van der Waals surface area contributed by atoms with Crippen molar-refractivity contribution in [1.82, 2.24) is 4.90 Å². The minimum atomic E-state index is -0.468. The summed E-state index contributed by atoms with van der Waals surface area (Å²) >= 11 is 0. The maximum absolute atomic E-state index is 9.91. The van der Waals surface area contributed by atoms with Gasteiger partial charge >= 0.3 is 0 Å². The molecule has 17 heavy (non-hydrogen) atoms. The molecule has 1 aromatic carbocycles. The lowest BCUT2D eigenvalue weighted by Gasteiger charge is -2.36. The van der Waals surface area contributed by atoms with Crippen molar-refractivity contribution < 1.29 is 5.11 Å². The van der Waals surface area contributed by atoms with Crippen molar-refractivity contribution in [2.75, 3.05) is 13.1 Å². The third kappa shape index (κ3) is 3.28. The summed E-state index contributed by atoms with van der Waals surface area (Å²) in [6.45, 7) is 5.40. The SMILES string of the molecule is CC1(O)CCN(Cc2ccccc2CN)CC1. The van der Waals surface area contributed by atoms with Gasteiger partial charge in [-0.15, -0.1) is 0 Å². The molecule has 0 atom stereocenters. The van der Waals surface area contributed by atoms with E-state index in [1.165, 1.54) is 11.1 Å². The molecule has 0 saturated carbocycles. The minimum Gasteiger partial charge on any atom is -0.390 e. The summed E-state index contributed by atoms with van der Waals surface area (Å²) in [5.41, 5.74) is 7.81. The van der Waals surface area contributed by atoms with Crippen LogP contribution in [0.5, 0.6) is 0 Å². The van der Waals surface area contributed by atoms with Gasteiger partial charge in [0.2, 0.25) is 0 Å². The molecule has 0 bridgehead atoms. The lowest BCUT2D eigenvalue weighted by atomic mass is 9.93. The molecule has 3 nitrogen and oxygen atoms in total. The Hall–Kier alpha value is -0.900. The minimum absolute atomic E-state index is 0.468. The van der Waals surface area contributed by atoms with Crippen LogP contribution in [0.15, 0.2) is 24.3 Å². The highest BCUT2D eigenvalue weighted by Gasteiger charge is 2.27. The molecule has 94 valence electrons. The van der Waals surface area contributed by atoms with Crippen LogP contribution in [0.3, 0.4) is 0 Å². The van der Waals surface area contributed by atoms with Gasteiger partial charge in [0, 0.05) is 26.2 Å². The molecule has 1 aromatic rings. The predicted octanol–water partition coefficient (Wildman–Crippen LogP) is 1.49. The van der Waals surface area contributed by atoms with Gasteiger partial charge in [-0.25, -0.2) is 0 Å². The van der Waals surface area contributed by atoms with Gasteiger partial charge in [-0.2, -0.15) is 0 Å². The quantitative estimate of drug-likeness (QED) is 0.833. The van der Waals surface area contributed by atoms with Gasteiger partial charge in [-0.1, -0.05) is 24.3 Å². The van der Waals surface area contributed by atoms with Gasteiger partial charge in [0.05, 0.1) is 5.60 Å². The maximum Gasteiger partial charge on any atom is 0.0644 e. The molecule has 0 amide bonds. The van der Waals surface area contributed by atoms with Crippen LogP contribution in [-0.4, -0.2) is 28.7 Å². The second-order valence-electron chi connectivity index (χ2n) is 5.25. The summed E-state index contributed by atoms with van der Waals surface area (Å²) in [4.78, 5) is 2.40. The molecule has 2 rings (SSSR count). The van der Waals surface area contributed by atoms with Gasteiger partial charge in [-0.3, -0.25) is 4.90 Å². The summed E-state index contributed by atoms with van der Waals surface area (Å²) in [5, 5.41) is 9.91. The summed E-state index contributed by atoms with van der Waals surface area (Å²) in [5.74, 6) is 0. The van der Waals surface area contributed by atoms with Crippen LogP contribution < -0.4 is 5.73 Å². The lowest BCUT2D eigenvalue weighted by molar-refractivity contribution is -0.00734. The van der Waals surface area contributed by atoms with Crippen LogP contribution in [0.25, 0.3) is 0 Å². The third-order valence-corrected chi connectivity index (χ3v) is 3.67. The number of hydrogen-bond acceptors (Lipinski definition) is 3. The average molecular weight is 234 g/mol. The van der Waals surface area contributed by atoms with Gasteiger partial charge in [0.15, 0.2) is 0 Å². The molecule has 1 aliphatic heterocycles. The van der Waals surface area contributed by atoms with E-state index < -0.39 is 5.60 Å². The zero-order chi connectivity index (χ0) is 12.3. The van der Waals surface area contributed by atoms with Crippen LogP contribution in [0.1, 0.15) is 30.9 Å². The van der Waals surface area contributed by atoms with E-state index in [1.807, 2.05) is 13.0 Å². The Bertz CT molecular complexity index is 366. The Morgan fingerprint density at radius 2 is 1.82 bits per heavy atom. The fourth-order valence-corrected chi connectivity index (χ4v) is 2.34. The smallest absolute Gasteiger partial charge is 0.0644 e. The number of hydrogen-bond donors (Lipinski definition) is 2. The van der Waals surface area contributed by atoms with E-state index in [1.54, 1.807) is 0 Å². The Labute approximate surface area is 103 Å². The highest BCUT2D eigenvalue weighted by atomic mass is 16.3. The Balaban J connectivity index is 1.98. The molecule has 1 aliphatic rings. The number of aliphatic hydroxyl groups is 1. The second kappa shape index (κ2) is 5.17. The van der Waals surface area contributed by atoms with Gasteiger partial charge in [0.1, 0.15) is 0 Å². The Morgan fingerprint density at radius 1 is 1.24 bits per heavy atom. The van der Waals surface area contributed by atoms with Crippen molar-refractivity contribution in [3.8, 4) is 0 Å². The molecular weight excluding hydrogens is 212 g/mol. The van der Waals surface area contributed by atoms with Gasteiger partial charge in [-0.05, 0) is 30.9 Å². The van der Waals surface area contributed by atoms with Crippen molar-refractivity contribution in [2.24, 2.45) is 5.73 Å². The molecule has 0 radical (unpaired) electrons. The molecule has 0 aromatic heterocycles. The van der Waals surface area contributed by atoms with Crippen molar-refractivity contribution in [3.05, 3.63) is 35.4 Å². The number of nitrogens with two attached hydrogens (primary N) is 1. The van der Waals surface area contributed by atoms with Crippen LogP contribution in [0, 0.1) is 0 Å². The van der Waals surface area contributed by atoms with E-state index in [4.69, 9.17) is 5.73 Å². The van der Waals surface area contributed by atoms with Crippen molar-refractivity contribution >= 4 is 0 Å². The standard InChI is InChI=1S/C14H22N2O/c1-14(17)6-8-16(9-7-14)11-13-5-3-2-4-12(13)10-15/h2-5,17H,6-11,15H2,1H3. The monoisotopic (exact) mass is 234 g/mol. The number of nitrogens with zero attached hydrogens (tertiary/aromatic N) is 1. The van der Waals surface area contributed by atoms with Crippen LogP contribution in [0.2, 0.25) is 0 Å². The van der Waals surface area contributed by atoms with Gasteiger partial charge in [0.25, 0.3) is 0 Å². The Morgan fingerprint density at radius 3 is 2.41 bits per heavy atom.